The lowest BCUT2D eigenvalue weighted by atomic mass is 9.89. The van der Waals surface area contributed by atoms with Crippen LogP contribution in [0.25, 0.3) is 0 Å². The highest BCUT2D eigenvalue weighted by Gasteiger charge is 2.36. The molecule has 2 aliphatic heterocycles. The molecule has 0 saturated carbocycles. The molecule has 0 radical (unpaired) electrons. The first kappa shape index (κ1) is 16.7. The minimum Gasteiger partial charge on any atom is -0.348 e. The third-order valence-corrected chi connectivity index (χ3v) is 5.51. The highest BCUT2D eigenvalue weighted by Crippen LogP contribution is 2.36. The Kier molecular flexibility index (Phi) is 5.58. The first-order chi connectivity index (χ1) is 9.69. The molecule has 1 fully saturated rings. The molecule has 2 aliphatic rings. The molecule has 5 heteroatoms. The van der Waals surface area contributed by atoms with Crippen LogP contribution in [0, 0.1) is 0 Å². The van der Waals surface area contributed by atoms with Gasteiger partial charge in [-0.1, -0.05) is 18.2 Å². The van der Waals surface area contributed by atoms with Crippen molar-refractivity contribution in [3.8, 4) is 0 Å². The van der Waals surface area contributed by atoms with Crippen LogP contribution in [-0.4, -0.2) is 23.7 Å². The van der Waals surface area contributed by atoms with Gasteiger partial charge in [-0.05, 0) is 50.8 Å². The quantitative estimate of drug-likeness (QED) is 0.876. The summed E-state index contributed by atoms with van der Waals surface area (Å²) >= 11 is 1.89. The van der Waals surface area contributed by atoms with Gasteiger partial charge in [-0.2, -0.15) is 0 Å². The van der Waals surface area contributed by atoms with Crippen LogP contribution in [0.15, 0.2) is 29.2 Å². The highest BCUT2D eigenvalue weighted by atomic mass is 35.5. The smallest absolute Gasteiger partial charge is 0.240 e. The van der Waals surface area contributed by atoms with Gasteiger partial charge in [0.05, 0.1) is 11.6 Å². The van der Waals surface area contributed by atoms with Crippen LogP contribution in [0.4, 0.5) is 0 Å². The van der Waals surface area contributed by atoms with Crippen molar-refractivity contribution in [2.75, 3.05) is 12.3 Å². The van der Waals surface area contributed by atoms with E-state index in [4.69, 9.17) is 0 Å². The molecule has 2 heterocycles. The maximum atomic E-state index is 12.6. The fourth-order valence-corrected chi connectivity index (χ4v) is 4.18. The second-order valence-electron chi connectivity index (χ2n) is 5.92. The SMILES string of the molecule is CC1(C(=O)NC2CCSc3ccccc32)CCCCN1.Cl. The van der Waals surface area contributed by atoms with Gasteiger partial charge in [0, 0.05) is 10.6 Å². The molecule has 1 saturated heterocycles. The number of carbonyl (C=O) groups excluding carboxylic acids is 1. The maximum Gasteiger partial charge on any atom is 0.240 e. The van der Waals surface area contributed by atoms with Crippen LogP contribution in [0.1, 0.15) is 44.2 Å². The Labute approximate surface area is 137 Å². The number of hydrogen-bond donors (Lipinski definition) is 2. The molecular weight excluding hydrogens is 304 g/mol. The van der Waals surface area contributed by atoms with Crippen LogP contribution in [0.2, 0.25) is 0 Å². The molecule has 1 amide bonds. The first-order valence-corrected chi connectivity index (χ1v) is 8.45. The van der Waals surface area contributed by atoms with E-state index in [2.05, 4.69) is 34.9 Å². The molecule has 2 unspecified atom stereocenters. The van der Waals surface area contributed by atoms with Gasteiger partial charge >= 0.3 is 0 Å². The van der Waals surface area contributed by atoms with Crippen molar-refractivity contribution >= 4 is 30.1 Å². The summed E-state index contributed by atoms with van der Waals surface area (Å²) in [5.41, 5.74) is 0.883. The van der Waals surface area contributed by atoms with Crippen molar-refractivity contribution < 1.29 is 4.79 Å². The lowest BCUT2D eigenvalue weighted by Gasteiger charge is -2.36. The number of benzene rings is 1. The number of halogens is 1. The van der Waals surface area contributed by atoms with Crippen molar-refractivity contribution in [2.24, 2.45) is 0 Å². The molecule has 0 bridgehead atoms. The van der Waals surface area contributed by atoms with Crippen LogP contribution >= 0.6 is 24.2 Å². The van der Waals surface area contributed by atoms with Crippen LogP contribution < -0.4 is 10.6 Å². The summed E-state index contributed by atoms with van der Waals surface area (Å²) in [6.45, 7) is 2.98. The largest absolute Gasteiger partial charge is 0.348 e. The zero-order valence-electron chi connectivity index (χ0n) is 12.4. The molecule has 21 heavy (non-hydrogen) atoms. The molecule has 3 nitrogen and oxygen atoms in total. The molecule has 2 atom stereocenters. The highest BCUT2D eigenvalue weighted by molar-refractivity contribution is 7.99. The molecular formula is C16H23ClN2OS. The Morgan fingerprint density at radius 2 is 2.19 bits per heavy atom. The minimum absolute atomic E-state index is 0. The topological polar surface area (TPSA) is 41.1 Å². The fourth-order valence-electron chi connectivity index (χ4n) is 3.06. The van der Waals surface area contributed by atoms with E-state index in [9.17, 15) is 4.79 Å². The Bertz CT molecular complexity index is 503. The number of fused-ring (bicyclic) bond motifs is 1. The second-order valence-corrected chi connectivity index (χ2v) is 7.05. The van der Waals surface area contributed by atoms with Gasteiger partial charge < -0.3 is 10.6 Å². The first-order valence-electron chi connectivity index (χ1n) is 7.47. The average molecular weight is 327 g/mol. The summed E-state index contributed by atoms with van der Waals surface area (Å²) < 4.78 is 0. The normalized spacial score (nSPS) is 28.1. The van der Waals surface area contributed by atoms with Crippen LogP contribution in [0.5, 0.6) is 0 Å². The summed E-state index contributed by atoms with van der Waals surface area (Å²) in [7, 11) is 0. The zero-order chi connectivity index (χ0) is 14.0. The zero-order valence-corrected chi connectivity index (χ0v) is 14.0. The Morgan fingerprint density at radius 3 is 2.95 bits per heavy atom. The number of nitrogens with one attached hydrogen (secondary N) is 2. The number of carbonyl (C=O) groups is 1. The van der Waals surface area contributed by atoms with Gasteiger partial charge in [0.1, 0.15) is 0 Å². The summed E-state index contributed by atoms with van der Waals surface area (Å²) in [5, 5.41) is 6.66. The predicted octanol–water partition coefficient (Wildman–Crippen LogP) is 3.29. The van der Waals surface area contributed by atoms with Crippen LogP contribution in [0.3, 0.4) is 0 Å². The van der Waals surface area contributed by atoms with Crippen molar-refractivity contribution in [1.29, 1.82) is 0 Å². The number of rotatable bonds is 2. The number of amides is 1. The standard InChI is InChI=1S/C16H22N2OS.ClH/c1-16(9-4-5-10-17-16)15(19)18-13-8-11-20-14-7-3-2-6-12(13)14;/h2-3,6-7,13,17H,4-5,8-11H2,1H3,(H,18,19);1H. The average Bonchev–Trinajstić information content (AvgIpc) is 2.48. The van der Waals surface area contributed by atoms with Crippen LogP contribution in [-0.2, 0) is 4.79 Å². The summed E-state index contributed by atoms with van der Waals surface area (Å²) in [4.78, 5) is 13.9. The van der Waals surface area contributed by atoms with E-state index < -0.39 is 5.54 Å². The van der Waals surface area contributed by atoms with Crippen molar-refractivity contribution in [3.63, 3.8) is 0 Å². The summed E-state index contributed by atoms with van der Waals surface area (Å²) in [6, 6.07) is 8.59. The van der Waals surface area contributed by atoms with Gasteiger partial charge in [-0.25, -0.2) is 0 Å². The number of thioether (sulfide) groups is 1. The Balaban J connectivity index is 0.00000161. The minimum atomic E-state index is -0.391. The van der Waals surface area contributed by atoms with Gasteiger partial charge in [0.25, 0.3) is 0 Å². The predicted molar refractivity (Wildman–Crippen MR) is 90.2 cm³/mol. The lowest BCUT2D eigenvalue weighted by Crippen LogP contribution is -2.57. The van der Waals surface area contributed by atoms with E-state index in [0.29, 0.717) is 0 Å². The molecule has 0 aromatic heterocycles. The van der Waals surface area contributed by atoms with Crippen molar-refractivity contribution in [2.45, 2.75) is 49.1 Å². The molecule has 0 aliphatic carbocycles. The molecule has 0 spiro atoms. The molecule has 3 rings (SSSR count). The van der Waals surface area contributed by atoms with E-state index in [1.165, 1.54) is 16.9 Å². The summed E-state index contributed by atoms with van der Waals surface area (Å²) in [5.74, 6) is 1.23. The molecule has 2 N–H and O–H groups in total. The number of hydrogen-bond acceptors (Lipinski definition) is 3. The van der Waals surface area contributed by atoms with Gasteiger partial charge in [-0.15, -0.1) is 24.2 Å². The fraction of sp³-hybridized carbons (Fsp3) is 0.562. The van der Waals surface area contributed by atoms with E-state index in [1.54, 1.807) is 0 Å². The third-order valence-electron chi connectivity index (χ3n) is 4.38. The molecule has 1 aromatic rings. The van der Waals surface area contributed by atoms with Crippen molar-refractivity contribution in [1.82, 2.24) is 10.6 Å². The van der Waals surface area contributed by atoms with Gasteiger partial charge in [0.15, 0.2) is 0 Å². The van der Waals surface area contributed by atoms with E-state index >= 15 is 0 Å². The van der Waals surface area contributed by atoms with Gasteiger partial charge in [0.2, 0.25) is 5.91 Å². The van der Waals surface area contributed by atoms with Gasteiger partial charge in [-0.3, -0.25) is 4.79 Å². The third kappa shape index (κ3) is 3.55. The van der Waals surface area contributed by atoms with E-state index in [-0.39, 0.29) is 24.4 Å². The van der Waals surface area contributed by atoms with E-state index in [0.717, 1.165) is 31.6 Å². The summed E-state index contributed by atoms with van der Waals surface area (Å²) in [6.07, 6.45) is 4.26. The van der Waals surface area contributed by atoms with E-state index in [1.807, 2.05) is 18.7 Å². The Morgan fingerprint density at radius 1 is 1.38 bits per heavy atom. The molecule has 1 aromatic carbocycles. The maximum absolute atomic E-state index is 12.6. The monoisotopic (exact) mass is 326 g/mol. The van der Waals surface area contributed by atoms with Crippen molar-refractivity contribution in [3.05, 3.63) is 29.8 Å². The molecule has 116 valence electrons. The number of piperidine rings is 1. The lowest BCUT2D eigenvalue weighted by molar-refractivity contribution is -0.128. The Hall–Kier alpha value is -0.710. The second kappa shape index (κ2) is 7.03.